The molecule has 0 saturated heterocycles. The van der Waals surface area contributed by atoms with E-state index in [1.807, 2.05) is 38.1 Å². The molecule has 1 fully saturated rings. The molecule has 4 rings (SSSR count). The van der Waals surface area contributed by atoms with Crippen molar-refractivity contribution in [1.82, 2.24) is 10.2 Å². The van der Waals surface area contributed by atoms with Gasteiger partial charge in [0, 0.05) is 12.6 Å². The van der Waals surface area contributed by atoms with Crippen molar-refractivity contribution in [2.24, 2.45) is 0 Å². The first-order valence-corrected chi connectivity index (χ1v) is 16.1. The molecule has 1 aliphatic carbocycles. The molecule has 3 aromatic rings. The van der Waals surface area contributed by atoms with Crippen molar-refractivity contribution in [3.63, 3.8) is 0 Å². The molecule has 1 atom stereocenters. The second-order valence-corrected chi connectivity index (χ2v) is 12.6. The van der Waals surface area contributed by atoms with Crippen LogP contribution in [0.25, 0.3) is 0 Å². The molecule has 9 heteroatoms. The van der Waals surface area contributed by atoms with Crippen LogP contribution in [-0.2, 0) is 26.2 Å². The summed E-state index contributed by atoms with van der Waals surface area (Å²) >= 11 is 0. The lowest BCUT2D eigenvalue weighted by Gasteiger charge is -2.33. The van der Waals surface area contributed by atoms with Crippen LogP contribution in [0.5, 0.6) is 5.75 Å². The lowest BCUT2D eigenvalue weighted by atomic mass is 9.95. The van der Waals surface area contributed by atoms with Crippen LogP contribution in [0, 0.1) is 6.92 Å². The van der Waals surface area contributed by atoms with Gasteiger partial charge in [0.1, 0.15) is 18.3 Å². The van der Waals surface area contributed by atoms with Crippen LogP contribution < -0.4 is 14.4 Å². The summed E-state index contributed by atoms with van der Waals surface area (Å²) in [4.78, 5) is 29.1. The van der Waals surface area contributed by atoms with E-state index in [0.717, 1.165) is 47.5 Å². The van der Waals surface area contributed by atoms with Crippen molar-refractivity contribution >= 4 is 27.5 Å². The lowest BCUT2D eigenvalue weighted by molar-refractivity contribution is -0.139. The van der Waals surface area contributed by atoms with Crippen molar-refractivity contribution in [2.45, 2.75) is 76.4 Å². The van der Waals surface area contributed by atoms with Crippen molar-refractivity contribution < 1.29 is 22.7 Å². The highest BCUT2D eigenvalue weighted by atomic mass is 32.2. The van der Waals surface area contributed by atoms with Gasteiger partial charge in [-0.25, -0.2) is 8.42 Å². The third kappa shape index (κ3) is 7.91. The largest absolute Gasteiger partial charge is 0.494 e. The molecular formula is C33H41N3O5S. The van der Waals surface area contributed by atoms with E-state index in [4.69, 9.17) is 4.74 Å². The maximum atomic E-state index is 14.1. The van der Waals surface area contributed by atoms with E-state index >= 15 is 0 Å². The number of carbonyl (C=O) groups excluding carboxylic acids is 2. The van der Waals surface area contributed by atoms with Crippen molar-refractivity contribution in [3.05, 3.63) is 90.0 Å². The van der Waals surface area contributed by atoms with Crippen LogP contribution in [0.4, 0.5) is 5.69 Å². The van der Waals surface area contributed by atoms with Crippen molar-refractivity contribution in [1.29, 1.82) is 0 Å². The molecule has 2 amide bonds. The van der Waals surface area contributed by atoms with Crippen LogP contribution in [-0.4, -0.2) is 50.4 Å². The summed E-state index contributed by atoms with van der Waals surface area (Å²) in [6.45, 7) is 5.71. The van der Waals surface area contributed by atoms with Gasteiger partial charge in [-0.1, -0.05) is 67.3 Å². The fourth-order valence-corrected chi connectivity index (χ4v) is 6.72. The first-order chi connectivity index (χ1) is 20.2. The summed E-state index contributed by atoms with van der Waals surface area (Å²) in [6.07, 6.45) is 5.15. The van der Waals surface area contributed by atoms with Crippen LogP contribution in [0.2, 0.25) is 0 Å². The number of aryl methyl sites for hydroxylation is 1. The molecule has 224 valence electrons. The number of rotatable bonds is 12. The van der Waals surface area contributed by atoms with Gasteiger partial charge in [-0.15, -0.1) is 0 Å². The normalized spacial score (nSPS) is 14.5. The standard InChI is InChI=1S/C33H41N3O5S/c1-4-41-30-20-18-29(19-21-30)36(42(39,40)31-16-9-6-10-17-31)24-32(37)35(23-27-13-11-12-25(2)22-27)26(3)33(38)34-28-14-7-5-8-15-28/h6,9-13,16-22,26,28H,4-5,7-8,14-15,23-24H2,1-3H3,(H,34,38)/t26-/m0/s1. The number of nitrogens with zero attached hydrogens (tertiary/aromatic N) is 2. The van der Waals surface area contributed by atoms with Crippen molar-refractivity contribution in [3.8, 4) is 5.75 Å². The second kappa shape index (κ2) is 14.4. The predicted octanol–water partition coefficient (Wildman–Crippen LogP) is 5.46. The zero-order valence-corrected chi connectivity index (χ0v) is 25.5. The Morgan fingerprint density at radius 1 is 0.952 bits per heavy atom. The van der Waals surface area contributed by atoms with Gasteiger partial charge in [0.2, 0.25) is 11.8 Å². The summed E-state index contributed by atoms with van der Waals surface area (Å²) in [5, 5.41) is 3.13. The monoisotopic (exact) mass is 591 g/mol. The molecule has 0 spiro atoms. The average Bonchev–Trinajstić information content (AvgIpc) is 3.00. The molecular weight excluding hydrogens is 550 g/mol. The zero-order valence-electron chi connectivity index (χ0n) is 24.7. The fraction of sp³-hybridized carbons (Fsp3) is 0.394. The van der Waals surface area contributed by atoms with E-state index in [-0.39, 0.29) is 23.4 Å². The Kier molecular flexibility index (Phi) is 10.6. The lowest BCUT2D eigenvalue weighted by Crippen LogP contribution is -2.53. The Morgan fingerprint density at radius 3 is 2.29 bits per heavy atom. The molecule has 42 heavy (non-hydrogen) atoms. The van der Waals surface area contributed by atoms with E-state index in [1.165, 1.54) is 17.0 Å². The van der Waals surface area contributed by atoms with Crippen LogP contribution in [0.1, 0.15) is 57.1 Å². The summed E-state index contributed by atoms with van der Waals surface area (Å²) in [5.41, 5.74) is 2.21. The second-order valence-electron chi connectivity index (χ2n) is 10.8. The minimum atomic E-state index is -4.11. The number of ether oxygens (including phenoxy) is 1. The Morgan fingerprint density at radius 2 is 1.64 bits per heavy atom. The van der Waals surface area contributed by atoms with E-state index in [1.54, 1.807) is 49.4 Å². The van der Waals surface area contributed by atoms with Crippen LogP contribution in [0.15, 0.2) is 83.8 Å². The van der Waals surface area contributed by atoms with Gasteiger partial charge in [-0.05, 0) is 75.6 Å². The number of hydrogen-bond donors (Lipinski definition) is 1. The Labute approximate surface area is 249 Å². The van der Waals surface area contributed by atoms with Gasteiger partial charge >= 0.3 is 0 Å². The number of nitrogens with one attached hydrogen (secondary N) is 1. The summed E-state index contributed by atoms with van der Waals surface area (Å²) in [7, 11) is -4.11. The average molecular weight is 592 g/mol. The third-order valence-corrected chi connectivity index (χ3v) is 9.39. The number of carbonyl (C=O) groups is 2. The van der Waals surface area contributed by atoms with Crippen LogP contribution >= 0.6 is 0 Å². The molecule has 0 bridgehead atoms. The first kappa shape index (κ1) is 31.1. The number of sulfonamides is 1. The molecule has 8 nitrogen and oxygen atoms in total. The molecule has 0 heterocycles. The number of benzene rings is 3. The molecule has 0 aromatic heterocycles. The summed E-state index contributed by atoms with van der Waals surface area (Å²) in [5.74, 6) is -0.114. The Hall–Kier alpha value is -3.85. The molecule has 3 aromatic carbocycles. The summed E-state index contributed by atoms with van der Waals surface area (Å²) < 4.78 is 34.5. The highest BCUT2D eigenvalue weighted by Gasteiger charge is 2.33. The third-order valence-electron chi connectivity index (χ3n) is 7.60. The van der Waals surface area contributed by atoms with E-state index in [2.05, 4.69) is 5.32 Å². The topological polar surface area (TPSA) is 96.0 Å². The fourth-order valence-electron chi connectivity index (χ4n) is 5.28. The SMILES string of the molecule is CCOc1ccc(N(CC(=O)N(Cc2cccc(C)c2)[C@@H](C)C(=O)NC2CCCCC2)S(=O)(=O)c2ccccc2)cc1. The molecule has 0 unspecified atom stereocenters. The van der Waals surface area contributed by atoms with Gasteiger partial charge in [0.15, 0.2) is 0 Å². The number of amides is 2. The molecule has 0 radical (unpaired) electrons. The van der Waals surface area contributed by atoms with E-state index in [0.29, 0.717) is 18.0 Å². The molecule has 1 aliphatic rings. The van der Waals surface area contributed by atoms with Gasteiger partial charge in [0.05, 0.1) is 17.2 Å². The zero-order chi connectivity index (χ0) is 30.1. The molecule has 1 N–H and O–H groups in total. The van der Waals surface area contributed by atoms with Gasteiger partial charge in [-0.3, -0.25) is 13.9 Å². The maximum absolute atomic E-state index is 14.1. The van der Waals surface area contributed by atoms with E-state index in [9.17, 15) is 18.0 Å². The minimum Gasteiger partial charge on any atom is -0.494 e. The number of anilines is 1. The highest BCUT2D eigenvalue weighted by molar-refractivity contribution is 7.92. The first-order valence-electron chi connectivity index (χ1n) is 14.6. The van der Waals surface area contributed by atoms with Crippen LogP contribution in [0.3, 0.4) is 0 Å². The van der Waals surface area contributed by atoms with Gasteiger partial charge in [0.25, 0.3) is 10.0 Å². The van der Waals surface area contributed by atoms with Gasteiger partial charge < -0.3 is 15.0 Å². The smallest absolute Gasteiger partial charge is 0.264 e. The quantitative estimate of drug-likeness (QED) is 0.302. The number of hydrogen-bond acceptors (Lipinski definition) is 5. The minimum absolute atomic E-state index is 0.0695. The Balaban J connectivity index is 1.67. The van der Waals surface area contributed by atoms with E-state index < -0.39 is 28.5 Å². The van der Waals surface area contributed by atoms with Gasteiger partial charge in [-0.2, -0.15) is 0 Å². The highest BCUT2D eigenvalue weighted by Crippen LogP contribution is 2.27. The predicted molar refractivity (Wildman–Crippen MR) is 165 cm³/mol. The molecule has 0 aliphatic heterocycles. The molecule has 1 saturated carbocycles. The maximum Gasteiger partial charge on any atom is 0.264 e. The Bertz CT molecular complexity index is 1440. The summed E-state index contributed by atoms with van der Waals surface area (Å²) in [6, 6.07) is 21.7. The van der Waals surface area contributed by atoms with Crippen molar-refractivity contribution in [2.75, 3.05) is 17.5 Å².